The minimum Gasteiger partial charge on any atom is -0.463 e. The molecule has 0 amide bonds. The fourth-order valence-electron chi connectivity index (χ4n) is 2.29. The highest BCUT2D eigenvalue weighted by atomic mass is 32.2. The summed E-state index contributed by atoms with van der Waals surface area (Å²) < 4.78 is 21.0. The summed E-state index contributed by atoms with van der Waals surface area (Å²) in [5, 5.41) is 0. The van der Waals surface area contributed by atoms with E-state index in [2.05, 4.69) is 0 Å². The molecular formula is C15H20O6S. The molecule has 1 aromatic rings. The molecule has 0 aliphatic carbocycles. The van der Waals surface area contributed by atoms with Gasteiger partial charge in [-0.1, -0.05) is 0 Å². The summed E-state index contributed by atoms with van der Waals surface area (Å²) in [6.45, 7) is 4.65. The number of carbonyl (C=O) groups excluding carboxylic acids is 2. The lowest BCUT2D eigenvalue weighted by atomic mass is 10.0. The smallest absolute Gasteiger partial charge is 0.375 e. The third-order valence-corrected chi connectivity index (χ3v) is 4.28. The lowest BCUT2D eigenvalue weighted by Gasteiger charge is -2.20. The fraction of sp³-hybridized carbons (Fsp3) is 0.600. The molecule has 7 heteroatoms. The van der Waals surface area contributed by atoms with Crippen molar-refractivity contribution in [3.63, 3.8) is 0 Å². The van der Waals surface area contributed by atoms with Crippen molar-refractivity contribution in [2.45, 2.75) is 31.3 Å². The third-order valence-electron chi connectivity index (χ3n) is 3.44. The number of thioether (sulfide) groups is 1. The van der Waals surface area contributed by atoms with Crippen LogP contribution in [0.4, 0.5) is 0 Å². The zero-order valence-electron chi connectivity index (χ0n) is 12.9. The highest BCUT2D eigenvalue weighted by Gasteiger charge is 2.36. The molecule has 6 nitrogen and oxygen atoms in total. The number of furan rings is 1. The van der Waals surface area contributed by atoms with E-state index in [4.69, 9.17) is 18.6 Å². The van der Waals surface area contributed by atoms with Gasteiger partial charge in [-0.25, -0.2) is 9.59 Å². The van der Waals surface area contributed by atoms with Crippen LogP contribution in [0.1, 0.15) is 29.7 Å². The normalized spacial score (nSPS) is 19.0. The molecule has 0 bridgehead atoms. The summed E-state index contributed by atoms with van der Waals surface area (Å²) in [4.78, 5) is 25.1. The molecule has 2 rings (SSSR count). The molecule has 0 aromatic carbocycles. The number of ether oxygens (including phenoxy) is 3. The molecule has 2 atom stereocenters. The van der Waals surface area contributed by atoms with Crippen LogP contribution in [0, 0.1) is 12.8 Å². The molecule has 0 saturated carbocycles. The van der Waals surface area contributed by atoms with E-state index in [0.717, 1.165) is 4.90 Å². The van der Waals surface area contributed by atoms with Crippen molar-refractivity contribution in [1.82, 2.24) is 0 Å². The summed E-state index contributed by atoms with van der Waals surface area (Å²) in [5.41, 5.74) is 0. The van der Waals surface area contributed by atoms with Crippen molar-refractivity contribution < 1.29 is 28.2 Å². The number of hydrogen-bond acceptors (Lipinski definition) is 7. The Balaban J connectivity index is 2.10. The molecule has 0 radical (unpaired) electrons. The van der Waals surface area contributed by atoms with E-state index in [0.29, 0.717) is 25.4 Å². The van der Waals surface area contributed by atoms with Crippen molar-refractivity contribution in [3.8, 4) is 0 Å². The Hall–Kier alpha value is -1.47. The van der Waals surface area contributed by atoms with Gasteiger partial charge in [-0.2, -0.15) is 0 Å². The minimum absolute atomic E-state index is 0.0927. The highest BCUT2D eigenvalue weighted by Crippen LogP contribution is 2.26. The van der Waals surface area contributed by atoms with Crippen LogP contribution in [0.15, 0.2) is 15.4 Å². The highest BCUT2D eigenvalue weighted by molar-refractivity contribution is 7.98. The SMILES string of the molecule is CCOC(=O)[C@@H](OC(=O)c1cc(SC)c(C)o1)[C@@H]1CCOC1. The van der Waals surface area contributed by atoms with E-state index >= 15 is 0 Å². The summed E-state index contributed by atoms with van der Waals surface area (Å²) in [6, 6.07) is 1.62. The van der Waals surface area contributed by atoms with Crippen molar-refractivity contribution >= 4 is 23.7 Å². The van der Waals surface area contributed by atoms with E-state index in [-0.39, 0.29) is 18.3 Å². The predicted molar refractivity (Wildman–Crippen MR) is 80.0 cm³/mol. The zero-order chi connectivity index (χ0) is 16.1. The van der Waals surface area contributed by atoms with Gasteiger partial charge in [0.25, 0.3) is 0 Å². The summed E-state index contributed by atoms with van der Waals surface area (Å²) in [5.74, 6) is -0.640. The quantitative estimate of drug-likeness (QED) is 0.586. The van der Waals surface area contributed by atoms with Crippen molar-refractivity contribution in [2.24, 2.45) is 5.92 Å². The number of hydrogen-bond donors (Lipinski definition) is 0. The number of esters is 2. The largest absolute Gasteiger partial charge is 0.463 e. The Morgan fingerprint density at radius 1 is 1.50 bits per heavy atom. The molecule has 1 aliphatic rings. The Bertz CT molecular complexity index is 532. The molecular weight excluding hydrogens is 308 g/mol. The average Bonchev–Trinajstić information content (AvgIpc) is 3.13. The van der Waals surface area contributed by atoms with Gasteiger partial charge in [0.2, 0.25) is 11.9 Å². The molecule has 1 saturated heterocycles. The van der Waals surface area contributed by atoms with Gasteiger partial charge >= 0.3 is 11.9 Å². The van der Waals surface area contributed by atoms with E-state index in [1.807, 2.05) is 6.26 Å². The fourth-order valence-corrected chi connectivity index (χ4v) is 2.85. The standard InChI is InChI=1S/C15H20O6S/c1-4-19-15(17)13(10-5-6-18-8-10)21-14(16)11-7-12(22-3)9(2)20-11/h7,10,13H,4-6,8H2,1-3H3/t10-,13+/m1/s1. The maximum Gasteiger partial charge on any atom is 0.375 e. The van der Waals surface area contributed by atoms with Gasteiger partial charge < -0.3 is 18.6 Å². The van der Waals surface area contributed by atoms with Gasteiger partial charge in [0.05, 0.1) is 13.2 Å². The van der Waals surface area contributed by atoms with Crippen LogP contribution in [-0.4, -0.2) is 44.1 Å². The average molecular weight is 328 g/mol. The summed E-state index contributed by atoms with van der Waals surface area (Å²) in [7, 11) is 0. The summed E-state index contributed by atoms with van der Waals surface area (Å²) >= 11 is 1.48. The third kappa shape index (κ3) is 3.84. The molecule has 22 heavy (non-hydrogen) atoms. The maximum atomic E-state index is 12.2. The van der Waals surface area contributed by atoms with Crippen LogP contribution in [0.3, 0.4) is 0 Å². The first-order valence-electron chi connectivity index (χ1n) is 7.16. The first-order chi connectivity index (χ1) is 10.6. The molecule has 0 N–H and O–H groups in total. The van der Waals surface area contributed by atoms with E-state index in [1.54, 1.807) is 19.9 Å². The van der Waals surface area contributed by atoms with E-state index in [9.17, 15) is 9.59 Å². The van der Waals surface area contributed by atoms with Gasteiger partial charge in [-0.05, 0) is 26.5 Å². The first kappa shape index (κ1) is 16.9. The van der Waals surface area contributed by atoms with Crippen molar-refractivity contribution in [2.75, 3.05) is 26.1 Å². The lowest BCUT2D eigenvalue weighted by Crippen LogP contribution is -2.36. The topological polar surface area (TPSA) is 75.0 Å². The van der Waals surface area contributed by atoms with Gasteiger partial charge in [0.15, 0.2) is 0 Å². The van der Waals surface area contributed by atoms with Crippen molar-refractivity contribution in [1.29, 1.82) is 0 Å². The summed E-state index contributed by atoms with van der Waals surface area (Å²) in [6.07, 6.45) is 1.59. The number of carbonyl (C=O) groups is 2. The Morgan fingerprint density at radius 3 is 2.82 bits per heavy atom. The first-order valence-corrected chi connectivity index (χ1v) is 8.39. The van der Waals surface area contributed by atoms with Crippen LogP contribution in [-0.2, 0) is 19.0 Å². The van der Waals surface area contributed by atoms with Gasteiger partial charge in [0, 0.05) is 23.5 Å². The maximum absolute atomic E-state index is 12.2. The number of rotatable bonds is 6. The number of aryl methyl sites for hydroxylation is 1. The lowest BCUT2D eigenvalue weighted by molar-refractivity contribution is -0.156. The van der Waals surface area contributed by atoms with E-state index < -0.39 is 18.0 Å². The zero-order valence-corrected chi connectivity index (χ0v) is 13.7. The Morgan fingerprint density at radius 2 is 2.27 bits per heavy atom. The van der Waals surface area contributed by atoms with Gasteiger partial charge in [-0.15, -0.1) is 11.8 Å². The van der Waals surface area contributed by atoms with Gasteiger partial charge in [0.1, 0.15) is 5.76 Å². The Labute approximate surface area is 133 Å². The van der Waals surface area contributed by atoms with Crippen LogP contribution in [0.5, 0.6) is 0 Å². The van der Waals surface area contributed by atoms with Gasteiger partial charge in [-0.3, -0.25) is 0 Å². The molecule has 0 spiro atoms. The second-order valence-corrected chi connectivity index (χ2v) is 5.78. The Kier molecular flexibility index (Phi) is 5.90. The molecule has 1 aromatic heterocycles. The van der Waals surface area contributed by atoms with Crippen LogP contribution >= 0.6 is 11.8 Å². The van der Waals surface area contributed by atoms with Crippen molar-refractivity contribution in [3.05, 3.63) is 17.6 Å². The molecule has 122 valence electrons. The molecule has 1 aliphatic heterocycles. The second kappa shape index (κ2) is 7.69. The minimum atomic E-state index is -0.960. The van der Waals surface area contributed by atoms with Crippen LogP contribution in [0.2, 0.25) is 0 Å². The van der Waals surface area contributed by atoms with E-state index in [1.165, 1.54) is 11.8 Å². The molecule has 1 fully saturated rings. The molecule has 2 heterocycles. The monoisotopic (exact) mass is 328 g/mol. The molecule has 0 unspecified atom stereocenters. The second-order valence-electron chi connectivity index (χ2n) is 4.94. The van der Waals surface area contributed by atoms with Crippen LogP contribution in [0.25, 0.3) is 0 Å². The predicted octanol–water partition coefficient (Wildman–Crippen LogP) is 2.43. The van der Waals surface area contributed by atoms with Crippen LogP contribution < -0.4 is 0 Å².